The molecule has 0 bridgehead atoms. The van der Waals surface area contributed by atoms with Crippen LogP contribution < -0.4 is 33.4 Å². The molecule has 4 aromatic heterocycles. The fourth-order valence-corrected chi connectivity index (χ4v) is 19.6. The molecule has 23 atom stereocenters. The lowest BCUT2D eigenvalue weighted by Gasteiger charge is -2.27. The SMILES string of the molecule is CC(C)OC(=O)[C@H](C)NP(=O)(OC[C@H]1O[C@@H](n2cnc(C#N)c2O)[C@H](O)[C@@H]1O)Oc1ccccc1.CCOC(=O)[C@H](C)NP(=O)(OC[C@H]1O[C@@H](n2cnc(C#N)c2O)[C@H](O)[C@@H]1O)Oc1ccccc1.COC(=O)[C@@H](NP(=O)(OC[C@H]1O[C@@H](n2cnc(C#N)c2O)[C@H](O)[C@@H]1O)Oc1ccccc1)C(C)C.Cc1ncn([C@@H]2O[C@H](COP(=O)(OCCSC(=O)C(C)(C)C)Oc3ccccc3)[C@@H](O)[C@H]2O)c1O. The zero-order valence-corrected chi connectivity index (χ0v) is 81.1. The van der Waals surface area contributed by atoms with Crippen LogP contribution in [0, 0.1) is 52.2 Å². The Kier molecular flexibility index (Phi) is 40.6. The van der Waals surface area contributed by atoms with E-state index >= 15 is 0 Å². The molecule has 0 aliphatic carbocycles. The van der Waals surface area contributed by atoms with Crippen LogP contribution in [0.25, 0.3) is 0 Å². The fraction of sp³-hybridized carbons (Fsp3) is 0.488. The minimum Gasteiger partial charge on any atom is -0.493 e. The molecule has 4 aromatic carbocycles. The highest BCUT2D eigenvalue weighted by Gasteiger charge is 2.52. The number of aromatic nitrogens is 8. The van der Waals surface area contributed by atoms with E-state index in [0.717, 1.165) is 44.4 Å². The average Bonchev–Trinajstić information content (AvgIpc) is 1.68. The van der Waals surface area contributed by atoms with Crippen molar-refractivity contribution in [3.05, 3.63) is 169 Å². The van der Waals surface area contributed by atoms with Crippen LogP contribution in [-0.2, 0) is 93.2 Å². The standard InChI is InChI=1S/C22H31N2O9PS.2C21H27N4O9P.C20H25N4O9P/c1-14-19(27)24(13-23-14)20-18(26)17(25)16(32-20)12-31-34(29,33-15-8-6-5-7-9-15)30-10-11-35-21(28)22(2,3)4;1-12(2)16(21(29)31-3)24-35(30,34-13-7-5-4-6-8-13)32-10-15-17(26)18(27)20(33-15)25-11-23-14(9-22)19(25)28;1-12(2)32-21(29)13(3)24-35(30,34-14-7-5-4-6-8-14)31-10-16-17(26)18(27)20(33-16)25-11-23-15(9-22)19(25)28;1-3-30-20(28)12(2)23-34(29,33-13-7-5-4-6-8-13)31-10-15-16(25)17(26)19(32-15)24-11-22-14(9-21)18(24)27/h5-9,13,16-18,20,25-27H,10-12H2,1-4H3;4-8,11-12,15-18,20,26-28H,10H2,1-3H3,(H,24,30);4-8,11-13,16-18,20,26-28H,10H2,1-3H3,(H,24,30);4-8,11-12,15-17,19,25-27H,3,10H2,1-2H3,(H,23,29)/t16-,17-,18-,20-,34?;15-,16+,17-,18-,20-,35?;13-,16+,17+,18+,20+,35?;12-,15+,16+,17+,19+,34?/m1100/s1. The van der Waals surface area contributed by atoms with E-state index in [-0.39, 0.29) is 76.0 Å². The maximum absolute atomic E-state index is 13.7. The number of aliphatic hydroxyl groups excluding tert-OH is 8. The minimum atomic E-state index is -4.25. The van der Waals surface area contributed by atoms with Gasteiger partial charge in [-0.15, -0.1) is 0 Å². The number of benzene rings is 4. The van der Waals surface area contributed by atoms with E-state index in [1.165, 1.54) is 68.2 Å². The third-order valence-electron chi connectivity index (χ3n) is 20.1. The van der Waals surface area contributed by atoms with Crippen LogP contribution in [0.5, 0.6) is 46.5 Å². The summed E-state index contributed by atoms with van der Waals surface area (Å²) >= 11 is 1.05. The van der Waals surface area contributed by atoms with E-state index in [2.05, 4.69) is 35.2 Å². The molecule has 0 spiro atoms. The zero-order chi connectivity index (χ0) is 102. The molecule has 139 heavy (non-hydrogen) atoms. The third kappa shape index (κ3) is 30.1. The van der Waals surface area contributed by atoms with Crippen LogP contribution in [0.2, 0.25) is 0 Å². The fourth-order valence-electron chi connectivity index (χ4n) is 12.8. The number of aromatic hydroxyl groups is 4. The molecule has 0 radical (unpaired) electrons. The number of methoxy groups -OCH3 is 1. The Labute approximate surface area is 800 Å². The predicted octanol–water partition coefficient (Wildman–Crippen LogP) is 6.15. The lowest BCUT2D eigenvalue weighted by atomic mass is 10.00. The van der Waals surface area contributed by atoms with Gasteiger partial charge in [0.25, 0.3) is 0 Å². The number of aryl methyl sites for hydroxylation is 1. The number of thioether (sulfide) groups is 1. The molecule has 758 valence electrons. The van der Waals surface area contributed by atoms with E-state index in [1.54, 1.807) is 165 Å². The van der Waals surface area contributed by atoms with Gasteiger partial charge in [-0.2, -0.15) is 31.0 Å². The topological polar surface area (TPSA) is 706 Å². The molecule has 4 saturated heterocycles. The van der Waals surface area contributed by atoms with E-state index in [0.29, 0.717) is 5.69 Å². The summed E-state index contributed by atoms with van der Waals surface area (Å²) in [5.41, 5.74) is -1.07. The van der Waals surface area contributed by atoms with Gasteiger partial charge in [0.2, 0.25) is 40.6 Å². The molecule has 12 rings (SSSR count). The Hall–Kier alpha value is -10.9. The Morgan fingerprint density at radius 3 is 1.06 bits per heavy atom. The first-order chi connectivity index (χ1) is 65.7. The number of nitrogens with one attached hydrogen (secondary N) is 3. The zero-order valence-electron chi connectivity index (χ0n) is 76.7. The van der Waals surface area contributed by atoms with Crippen molar-refractivity contribution in [2.24, 2.45) is 11.3 Å². The molecule has 50 nitrogen and oxygen atoms in total. The van der Waals surface area contributed by atoms with Crippen molar-refractivity contribution in [1.82, 2.24) is 53.5 Å². The molecule has 4 aliphatic heterocycles. The number of para-hydroxylation sites is 4. The summed E-state index contributed by atoms with van der Waals surface area (Å²) in [6.07, 6.45) is -17.6. The highest BCUT2D eigenvalue weighted by molar-refractivity contribution is 8.13. The van der Waals surface area contributed by atoms with Gasteiger partial charge in [-0.05, 0) is 96.0 Å². The Bertz CT molecular complexity index is 5690. The van der Waals surface area contributed by atoms with E-state index in [4.69, 9.17) is 89.7 Å². The van der Waals surface area contributed by atoms with E-state index < -0.39 is 221 Å². The van der Waals surface area contributed by atoms with Gasteiger partial charge in [0, 0.05) is 11.2 Å². The van der Waals surface area contributed by atoms with Crippen LogP contribution >= 0.6 is 42.8 Å². The number of nitrogens with zero attached hydrogens (tertiary/aromatic N) is 11. The number of hydrogen-bond donors (Lipinski definition) is 15. The van der Waals surface area contributed by atoms with Crippen LogP contribution in [-0.4, -0.2) is 272 Å². The summed E-state index contributed by atoms with van der Waals surface area (Å²) in [6, 6.07) is 34.4. The molecule has 4 aliphatic rings. The largest absolute Gasteiger partial charge is 0.530 e. The van der Waals surface area contributed by atoms with Gasteiger partial charge in [-0.1, -0.05) is 119 Å². The molecular formula is C84H110N14O36P4S. The van der Waals surface area contributed by atoms with Gasteiger partial charge in [-0.25, -0.2) is 38.2 Å². The molecular weight excluding hydrogens is 1940 g/mol. The summed E-state index contributed by atoms with van der Waals surface area (Å²) in [5, 5.41) is 158. The van der Waals surface area contributed by atoms with Gasteiger partial charge < -0.3 is 113 Å². The van der Waals surface area contributed by atoms with Crippen molar-refractivity contribution >= 4 is 65.8 Å². The molecule has 4 unspecified atom stereocenters. The normalized spacial score (nSPS) is 24.5. The number of hydrogen-bond acceptors (Lipinski definition) is 44. The number of rotatable bonds is 40. The van der Waals surface area contributed by atoms with Gasteiger partial charge in [0.1, 0.15) is 158 Å². The summed E-state index contributed by atoms with van der Waals surface area (Å²) in [5.74, 6) is -3.25. The molecule has 0 saturated carbocycles. The monoisotopic (exact) mass is 2050 g/mol. The smallest absolute Gasteiger partial charge is 0.493 e. The number of nitriles is 3. The lowest BCUT2D eigenvalue weighted by molar-refractivity contribution is -0.149. The lowest BCUT2D eigenvalue weighted by Crippen LogP contribution is -2.42. The quantitative estimate of drug-likeness (QED) is 0.00886. The van der Waals surface area contributed by atoms with Crippen molar-refractivity contribution < 1.29 is 173 Å². The molecule has 55 heteroatoms. The average molecular weight is 2050 g/mol. The van der Waals surface area contributed by atoms with Crippen LogP contribution in [0.4, 0.5) is 0 Å². The second-order valence-electron chi connectivity index (χ2n) is 32.3. The number of phosphoric acid groups is 1. The van der Waals surface area contributed by atoms with Crippen LogP contribution in [0.1, 0.15) is 117 Å². The van der Waals surface area contributed by atoms with Crippen molar-refractivity contribution in [3.8, 4) is 64.7 Å². The van der Waals surface area contributed by atoms with E-state index in [9.17, 15) is 98.7 Å². The summed E-state index contributed by atoms with van der Waals surface area (Å²) in [7, 11) is -15.7. The van der Waals surface area contributed by atoms with Gasteiger partial charge in [0.05, 0.1) is 58.5 Å². The highest BCUT2D eigenvalue weighted by atomic mass is 32.2. The highest BCUT2D eigenvalue weighted by Crippen LogP contribution is 2.53. The number of esters is 3. The second-order valence-corrected chi connectivity index (χ2v) is 40.1. The van der Waals surface area contributed by atoms with Crippen LogP contribution in [0.3, 0.4) is 0 Å². The molecule has 0 amide bonds. The minimum absolute atomic E-state index is 0.0404. The first-order valence-corrected chi connectivity index (χ1v) is 49.6. The molecule has 8 heterocycles. The van der Waals surface area contributed by atoms with Gasteiger partial charge in [-0.3, -0.25) is 60.1 Å². The number of ether oxygens (including phenoxy) is 7. The van der Waals surface area contributed by atoms with Crippen molar-refractivity contribution in [1.29, 1.82) is 15.8 Å². The number of aliphatic hydroxyl groups is 8. The summed E-state index contributed by atoms with van der Waals surface area (Å²) in [6.45, 7) is 16.2. The van der Waals surface area contributed by atoms with E-state index in [1.807, 2.05) is 0 Å². The Morgan fingerprint density at radius 2 is 0.770 bits per heavy atom. The maximum atomic E-state index is 13.7. The van der Waals surface area contributed by atoms with Crippen LogP contribution in [0.15, 0.2) is 147 Å². The first kappa shape index (κ1) is 112. The van der Waals surface area contributed by atoms with Crippen molar-refractivity contribution in [2.75, 3.05) is 52.5 Å². The number of carbonyl (C=O) groups is 4. The van der Waals surface area contributed by atoms with Crippen molar-refractivity contribution in [2.45, 2.75) is 199 Å². The molecule has 8 aromatic rings. The molecule has 15 N–H and O–H groups in total. The number of phosphoric ester groups is 1. The number of imidazole rings is 4. The van der Waals surface area contributed by atoms with Gasteiger partial charge in [0.15, 0.2) is 30.0 Å². The summed E-state index contributed by atoms with van der Waals surface area (Å²) < 4.78 is 145. The first-order valence-electron chi connectivity index (χ1n) is 42.6. The maximum Gasteiger partial charge on any atom is 0.530 e. The summed E-state index contributed by atoms with van der Waals surface area (Å²) in [4.78, 5) is 63.6. The van der Waals surface area contributed by atoms with Gasteiger partial charge >= 0.3 is 49.0 Å². The predicted molar refractivity (Wildman–Crippen MR) is 480 cm³/mol. The molecule has 4 fully saturated rings. The van der Waals surface area contributed by atoms with Crippen molar-refractivity contribution in [3.63, 3.8) is 0 Å². The Balaban J connectivity index is 0.000000207. The Morgan fingerprint density at radius 1 is 0.453 bits per heavy atom. The number of carbonyl (C=O) groups excluding carboxylic acids is 4. The second kappa shape index (κ2) is 50.5. The third-order valence-corrected chi connectivity index (χ3v) is 27.6.